The lowest BCUT2D eigenvalue weighted by atomic mass is 10.1. The molecule has 0 unspecified atom stereocenters. The molecule has 0 N–H and O–H groups in total. The maximum absolute atomic E-state index is 12.8. The van der Waals surface area contributed by atoms with Crippen molar-refractivity contribution in [3.63, 3.8) is 0 Å². The largest absolute Gasteiger partial charge is 0.368 e. The third-order valence-corrected chi connectivity index (χ3v) is 5.83. The van der Waals surface area contributed by atoms with Crippen molar-refractivity contribution in [2.45, 2.75) is 27.2 Å². The van der Waals surface area contributed by atoms with E-state index in [1.807, 2.05) is 35.2 Å². The number of carbonyl (C=O) groups is 2. The topological polar surface area (TPSA) is 43.9 Å². The minimum Gasteiger partial charge on any atom is -0.368 e. The molecule has 1 heterocycles. The summed E-state index contributed by atoms with van der Waals surface area (Å²) in [4.78, 5) is 30.7. The Morgan fingerprint density at radius 1 is 0.931 bits per heavy atom. The fourth-order valence-corrected chi connectivity index (χ4v) is 3.79. The highest BCUT2D eigenvalue weighted by Crippen LogP contribution is 2.23. The zero-order chi connectivity index (χ0) is 20.8. The predicted molar refractivity (Wildman–Crippen MR) is 117 cm³/mol. The third-order valence-electron chi connectivity index (χ3n) is 5.83. The van der Waals surface area contributed by atoms with Gasteiger partial charge >= 0.3 is 0 Å². The number of benzene rings is 2. The molecule has 0 atom stereocenters. The fourth-order valence-electron chi connectivity index (χ4n) is 3.79. The van der Waals surface area contributed by atoms with Gasteiger partial charge in [0, 0.05) is 45.3 Å². The molecule has 29 heavy (non-hydrogen) atoms. The fraction of sp³-hybridized carbons (Fsp3) is 0.417. The molecular weight excluding hydrogens is 362 g/mol. The standard InChI is InChI=1S/C24H31N3O2/c1-19-8-7-11-23(20(19)2)25-14-16-26(17-15-25)24(29)18-27(21(3)28)13-12-22-9-5-4-6-10-22/h4-11H,12-18H2,1-3H3. The smallest absolute Gasteiger partial charge is 0.242 e. The van der Waals surface area contributed by atoms with Gasteiger partial charge in [0.2, 0.25) is 11.8 Å². The third kappa shape index (κ3) is 5.37. The number of nitrogens with zero attached hydrogens (tertiary/aromatic N) is 3. The average molecular weight is 394 g/mol. The number of hydrogen-bond acceptors (Lipinski definition) is 3. The Hall–Kier alpha value is -2.82. The van der Waals surface area contributed by atoms with Gasteiger partial charge in [-0.2, -0.15) is 0 Å². The number of carbonyl (C=O) groups excluding carboxylic acids is 2. The van der Waals surface area contributed by atoms with Crippen LogP contribution in [0, 0.1) is 13.8 Å². The molecule has 0 aliphatic carbocycles. The van der Waals surface area contributed by atoms with Crippen molar-refractivity contribution >= 4 is 17.5 Å². The molecule has 0 saturated carbocycles. The SMILES string of the molecule is CC(=O)N(CCc1ccccc1)CC(=O)N1CCN(c2cccc(C)c2C)CC1. The summed E-state index contributed by atoms with van der Waals surface area (Å²) in [5.74, 6) is -0.0165. The first kappa shape index (κ1) is 20.9. The van der Waals surface area contributed by atoms with Gasteiger partial charge in [0.15, 0.2) is 0 Å². The van der Waals surface area contributed by atoms with Gasteiger partial charge in [0.05, 0.1) is 6.54 Å². The summed E-state index contributed by atoms with van der Waals surface area (Å²) in [5.41, 5.74) is 5.02. The summed E-state index contributed by atoms with van der Waals surface area (Å²) in [7, 11) is 0. The van der Waals surface area contributed by atoms with Crippen LogP contribution in [0.5, 0.6) is 0 Å². The first-order valence-electron chi connectivity index (χ1n) is 10.3. The molecule has 1 fully saturated rings. The van der Waals surface area contributed by atoms with Gasteiger partial charge in [-0.05, 0) is 43.0 Å². The first-order valence-corrected chi connectivity index (χ1v) is 10.3. The van der Waals surface area contributed by atoms with Gasteiger partial charge in [0.1, 0.15) is 0 Å². The van der Waals surface area contributed by atoms with E-state index in [-0.39, 0.29) is 18.4 Å². The molecular formula is C24H31N3O2. The van der Waals surface area contributed by atoms with E-state index in [0.29, 0.717) is 19.6 Å². The predicted octanol–water partition coefficient (Wildman–Crippen LogP) is 3.04. The van der Waals surface area contributed by atoms with E-state index in [1.165, 1.54) is 29.3 Å². The van der Waals surface area contributed by atoms with Crippen LogP contribution in [0.2, 0.25) is 0 Å². The Morgan fingerprint density at radius 2 is 1.62 bits per heavy atom. The minimum atomic E-state index is -0.0525. The highest BCUT2D eigenvalue weighted by atomic mass is 16.2. The van der Waals surface area contributed by atoms with E-state index in [1.54, 1.807) is 4.90 Å². The van der Waals surface area contributed by atoms with Crippen molar-refractivity contribution in [1.82, 2.24) is 9.80 Å². The Labute approximate surface area is 173 Å². The zero-order valence-electron chi connectivity index (χ0n) is 17.7. The molecule has 2 aromatic carbocycles. The van der Waals surface area contributed by atoms with Gasteiger partial charge in [0.25, 0.3) is 0 Å². The zero-order valence-corrected chi connectivity index (χ0v) is 17.7. The molecule has 2 amide bonds. The summed E-state index contributed by atoms with van der Waals surface area (Å²) in [5, 5.41) is 0. The summed E-state index contributed by atoms with van der Waals surface area (Å²) in [6.07, 6.45) is 0.758. The average Bonchev–Trinajstić information content (AvgIpc) is 2.73. The monoisotopic (exact) mass is 393 g/mol. The molecule has 0 spiro atoms. The van der Waals surface area contributed by atoms with Crippen LogP contribution >= 0.6 is 0 Å². The Balaban J connectivity index is 1.53. The minimum absolute atomic E-state index is 0.0360. The van der Waals surface area contributed by atoms with E-state index in [2.05, 4.69) is 36.9 Å². The van der Waals surface area contributed by atoms with Crippen LogP contribution in [0.25, 0.3) is 0 Å². The van der Waals surface area contributed by atoms with Gasteiger partial charge in [-0.3, -0.25) is 9.59 Å². The second-order valence-corrected chi connectivity index (χ2v) is 7.76. The summed E-state index contributed by atoms with van der Waals surface area (Å²) >= 11 is 0. The molecule has 0 bridgehead atoms. The number of rotatable bonds is 6. The summed E-state index contributed by atoms with van der Waals surface area (Å²) in [6.45, 7) is 9.56. The van der Waals surface area contributed by atoms with Crippen molar-refractivity contribution in [2.24, 2.45) is 0 Å². The second-order valence-electron chi connectivity index (χ2n) is 7.76. The van der Waals surface area contributed by atoms with Crippen molar-refractivity contribution in [2.75, 3.05) is 44.2 Å². The second kappa shape index (κ2) is 9.59. The first-order chi connectivity index (χ1) is 14.0. The lowest BCUT2D eigenvalue weighted by Gasteiger charge is -2.37. The number of amides is 2. The van der Waals surface area contributed by atoms with Gasteiger partial charge in [-0.25, -0.2) is 0 Å². The van der Waals surface area contributed by atoms with Gasteiger partial charge in [-0.15, -0.1) is 0 Å². The van der Waals surface area contributed by atoms with Crippen molar-refractivity contribution < 1.29 is 9.59 Å². The Kier molecular flexibility index (Phi) is 6.91. The van der Waals surface area contributed by atoms with E-state index < -0.39 is 0 Å². The van der Waals surface area contributed by atoms with Crippen LogP contribution in [0.4, 0.5) is 5.69 Å². The van der Waals surface area contributed by atoms with E-state index in [4.69, 9.17) is 0 Å². The highest BCUT2D eigenvalue weighted by Gasteiger charge is 2.24. The number of anilines is 1. The van der Waals surface area contributed by atoms with E-state index in [9.17, 15) is 9.59 Å². The maximum atomic E-state index is 12.8. The quantitative estimate of drug-likeness (QED) is 0.758. The summed E-state index contributed by atoms with van der Waals surface area (Å²) < 4.78 is 0. The molecule has 2 aromatic rings. The van der Waals surface area contributed by atoms with Crippen molar-refractivity contribution in [3.05, 3.63) is 65.2 Å². The normalized spacial score (nSPS) is 14.0. The maximum Gasteiger partial charge on any atom is 0.242 e. The van der Waals surface area contributed by atoms with Crippen LogP contribution in [-0.2, 0) is 16.0 Å². The lowest BCUT2D eigenvalue weighted by molar-refractivity contribution is -0.139. The van der Waals surface area contributed by atoms with Crippen LogP contribution in [0.15, 0.2) is 48.5 Å². The van der Waals surface area contributed by atoms with Crippen molar-refractivity contribution in [3.8, 4) is 0 Å². The summed E-state index contributed by atoms with van der Waals surface area (Å²) in [6, 6.07) is 16.4. The Bertz CT molecular complexity index is 842. The molecule has 5 nitrogen and oxygen atoms in total. The molecule has 0 aromatic heterocycles. The lowest BCUT2D eigenvalue weighted by Crippen LogP contribution is -2.52. The molecule has 154 valence electrons. The molecule has 1 aliphatic heterocycles. The van der Waals surface area contributed by atoms with Crippen LogP contribution in [0.1, 0.15) is 23.6 Å². The number of hydrogen-bond donors (Lipinski definition) is 0. The highest BCUT2D eigenvalue weighted by molar-refractivity contribution is 5.84. The number of aryl methyl sites for hydroxylation is 1. The van der Waals surface area contributed by atoms with Crippen LogP contribution in [0.3, 0.4) is 0 Å². The molecule has 1 saturated heterocycles. The van der Waals surface area contributed by atoms with Crippen molar-refractivity contribution in [1.29, 1.82) is 0 Å². The van der Waals surface area contributed by atoms with Crippen LogP contribution in [-0.4, -0.2) is 60.9 Å². The molecule has 3 rings (SSSR count). The molecule has 0 radical (unpaired) electrons. The molecule has 5 heteroatoms. The number of piperazine rings is 1. The van der Waals surface area contributed by atoms with E-state index in [0.717, 1.165) is 19.5 Å². The van der Waals surface area contributed by atoms with Gasteiger partial charge < -0.3 is 14.7 Å². The van der Waals surface area contributed by atoms with Crippen LogP contribution < -0.4 is 4.90 Å². The van der Waals surface area contributed by atoms with E-state index >= 15 is 0 Å². The van der Waals surface area contributed by atoms with Gasteiger partial charge in [-0.1, -0.05) is 42.5 Å². The molecule has 1 aliphatic rings. The Morgan fingerprint density at radius 3 is 2.28 bits per heavy atom.